The van der Waals surface area contributed by atoms with Gasteiger partial charge in [-0.15, -0.1) is 0 Å². The van der Waals surface area contributed by atoms with E-state index in [0.29, 0.717) is 11.0 Å². The van der Waals surface area contributed by atoms with E-state index in [4.69, 9.17) is 16.7 Å². The van der Waals surface area contributed by atoms with E-state index in [-0.39, 0.29) is 10.9 Å². The molecule has 106 valence electrons. The standard InChI is InChI=1S/C12H12FN3O3S/c1-6(11(17)18-2)14-12(20)15-10-8-5-7(13)3-4-9(8)19-16-10/h3-6H,1-2H3,(H2,14,15,16,20). The summed E-state index contributed by atoms with van der Waals surface area (Å²) >= 11 is 5.04. The Kier molecular flexibility index (Phi) is 4.14. The molecule has 0 aliphatic heterocycles. The molecule has 20 heavy (non-hydrogen) atoms. The molecule has 0 saturated carbocycles. The fraction of sp³-hybridized carbons (Fsp3) is 0.250. The van der Waals surface area contributed by atoms with Crippen LogP contribution in [0.4, 0.5) is 10.2 Å². The highest BCUT2D eigenvalue weighted by Gasteiger charge is 2.15. The van der Waals surface area contributed by atoms with Crippen LogP contribution >= 0.6 is 12.2 Å². The Bertz CT molecular complexity index is 658. The fourth-order valence-electron chi connectivity index (χ4n) is 1.58. The Morgan fingerprint density at radius 2 is 2.30 bits per heavy atom. The highest BCUT2D eigenvalue weighted by Crippen LogP contribution is 2.23. The molecular weight excluding hydrogens is 285 g/mol. The molecule has 0 bridgehead atoms. The molecule has 8 heteroatoms. The molecule has 0 aliphatic carbocycles. The number of anilines is 1. The van der Waals surface area contributed by atoms with Crippen LogP contribution in [-0.2, 0) is 9.53 Å². The topological polar surface area (TPSA) is 76.4 Å². The second-order valence-corrected chi connectivity index (χ2v) is 4.42. The van der Waals surface area contributed by atoms with Crippen molar-refractivity contribution in [1.82, 2.24) is 10.5 Å². The first kappa shape index (κ1) is 14.2. The van der Waals surface area contributed by atoms with Crippen molar-refractivity contribution in [3.63, 3.8) is 0 Å². The minimum Gasteiger partial charge on any atom is -0.467 e. The largest absolute Gasteiger partial charge is 0.467 e. The van der Waals surface area contributed by atoms with Crippen molar-refractivity contribution in [2.45, 2.75) is 13.0 Å². The van der Waals surface area contributed by atoms with E-state index in [1.54, 1.807) is 6.92 Å². The van der Waals surface area contributed by atoms with Crippen molar-refractivity contribution in [3.8, 4) is 0 Å². The van der Waals surface area contributed by atoms with Gasteiger partial charge in [0, 0.05) is 0 Å². The van der Waals surface area contributed by atoms with E-state index in [1.165, 1.54) is 25.3 Å². The van der Waals surface area contributed by atoms with Crippen molar-refractivity contribution >= 4 is 40.1 Å². The number of hydrogen-bond acceptors (Lipinski definition) is 5. The molecular formula is C12H12FN3O3S. The summed E-state index contributed by atoms with van der Waals surface area (Å²) in [5.41, 5.74) is 0.428. The minimum atomic E-state index is -0.616. The molecule has 2 rings (SSSR count). The fourth-order valence-corrected chi connectivity index (χ4v) is 1.85. The molecule has 1 atom stereocenters. The van der Waals surface area contributed by atoms with Gasteiger partial charge in [-0.25, -0.2) is 9.18 Å². The van der Waals surface area contributed by atoms with Crippen LogP contribution in [0.25, 0.3) is 11.0 Å². The number of carbonyl (C=O) groups is 1. The molecule has 2 N–H and O–H groups in total. The van der Waals surface area contributed by atoms with Gasteiger partial charge >= 0.3 is 5.97 Å². The average molecular weight is 297 g/mol. The predicted molar refractivity (Wildman–Crippen MR) is 74.8 cm³/mol. The maximum Gasteiger partial charge on any atom is 0.328 e. The number of halogens is 1. The Morgan fingerprint density at radius 3 is 3.00 bits per heavy atom. The van der Waals surface area contributed by atoms with Crippen LogP contribution in [0.1, 0.15) is 6.92 Å². The first-order valence-electron chi connectivity index (χ1n) is 5.71. The van der Waals surface area contributed by atoms with E-state index in [9.17, 15) is 9.18 Å². The Hall–Kier alpha value is -2.22. The van der Waals surface area contributed by atoms with Crippen molar-refractivity contribution in [2.24, 2.45) is 0 Å². The molecule has 2 aromatic rings. The van der Waals surface area contributed by atoms with Gasteiger partial charge in [-0.3, -0.25) is 0 Å². The molecule has 0 saturated heterocycles. The lowest BCUT2D eigenvalue weighted by Crippen LogP contribution is -2.41. The number of methoxy groups -OCH3 is 1. The molecule has 1 heterocycles. The number of aromatic nitrogens is 1. The molecule has 1 aromatic heterocycles. The van der Waals surface area contributed by atoms with Crippen LogP contribution in [0.3, 0.4) is 0 Å². The number of thiocarbonyl (C=S) groups is 1. The van der Waals surface area contributed by atoms with Gasteiger partial charge in [0.2, 0.25) is 0 Å². The van der Waals surface area contributed by atoms with E-state index < -0.39 is 17.8 Å². The highest BCUT2D eigenvalue weighted by molar-refractivity contribution is 7.80. The van der Waals surface area contributed by atoms with Crippen molar-refractivity contribution in [3.05, 3.63) is 24.0 Å². The minimum absolute atomic E-state index is 0.155. The van der Waals surface area contributed by atoms with Crippen LogP contribution in [0.5, 0.6) is 0 Å². The second-order valence-electron chi connectivity index (χ2n) is 4.01. The second kappa shape index (κ2) is 5.83. The molecule has 1 aromatic carbocycles. The van der Waals surface area contributed by atoms with Gasteiger partial charge in [0.1, 0.15) is 11.9 Å². The first-order valence-corrected chi connectivity index (χ1v) is 6.12. The Morgan fingerprint density at radius 1 is 1.55 bits per heavy atom. The van der Waals surface area contributed by atoms with Crippen LogP contribution < -0.4 is 10.6 Å². The summed E-state index contributed by atoms with van der Waals surface area (Å²) < 4.78 is 22.8. The highest BCUT2D eigenvalue weighted by atomic mass is 32.1. The van der Waals surface area contributed by atoms with Gasteiger partial charge in [0.25, 0.3) is 0 Å². The summed E-state index contributed by atoms with van der Waals surface area (Å²) in [6, 6.07) is 3.40. The van der Waals surface area contributed by atoms with Gasteiger partial charge < -0.3 is 19.9 Å². The third kappa shape index (κ3) is 3.02. The van der Waals surface area contributed by atoms with E-state index in [1.807, 2.05) is 0 Å². The van der Waals surface area contributed by atoms with Gasteiger partial charge in [-0.1, -0.05) is 5.16 Å². The van der Waals surface area contributed by atoms with E-state index in [0.717, 1.165) is 0 Å². The number of ether oxygens (including phenoxy) is 1. The van der Waals surface area contributed by atoms with Crippen molar-refractivity contribution in [1.29, 1.82) is 0 Å². The lowest BCUT2D eigenvalue weighted by molar-refractivity contribution is -0.142. The Labute approximate surface area is 119 Å². The number of nitrogens with one attached hydrogen (secondary N) is 2. The lowest BCUT2D eigenvalue weighted by atomic mass is 10.2. The lowest BCUT2D eigenvalue weighted by Gasteiger charge is -2.13. The van der Waals surface area contributed by atoms with Crippen LogP contribution in [0, 0.1) is 5.82 Å². The summed E-state index contributed by atoms with van der Waals surface area (Å²) in [5.74, 6) is -0.593. The number of esters is 1. The third-order valence-corrected chi connectivity index (χ3v) is 2.79. The van der Waals surface area contributed by atoms with Gasteiger partial charge in [0.15, 0.2) is 16.5 Å². The number of fused-ring (bicyclic) bond motifs is 1. The third-order valence-electron chi connectivity index (χ3n) is 2.57. The average Bonchev–Trinajstić information content (AvgIpc) is 2.80. The maximum absolute atomic E-state index is 13.2. The van der Waals surface area contributed by atoms with Crippen LogP contribution in [0.2, 0.25) is 0 Å². The summed E-state index contributed by atoms with van der Waals surface area (Å²) in [6.45, 7) is 1.60. The van der Waals surface area contributed by atoms with Crippen LogP contribution in [-0.4, -0.2) is 29.4 Å². The zero-order valence-electron chi connectivity index (χ0n) is 10.8. The molecule has 0 amide bonds. The molecule has 0 spiro atoms. The molecule has 1 unspecified atom stereocenters. The number of benzene rings is 1. The molecule has 0 aliphatic rings. The van der Waals surface area contributed by atoms with Gasteiger partial charge in [0.05, 0.1) is 12.5 Å². The smallest absolute Gasteiger partial charge is 0.328 e. The first-order chi connectivity index (χ1) is 9.51. The predicted octanol–water partition coefficient (Wildman–Crippen LogP) is 1.81. The maximum atomic E-state index is 13.2. The number of nitrogens with zero attached hydrogens (tertiary/aromatic N) is 1. The quantitative estimate of drug-likeness (QED) is 0.661. The molecule has 0 radical (unpaired) electrons. The van der Waals surface area contributed by atoms with E-state index >= 15 is 0 Å². The SMILES string of the molecule is COC(=O)C(C)NC(=S)Nc1noc2ccc(F)cc12. The summed E-state index contributed by atoms with van der Waals surface area (Å²) in [6.07, 6.45) is 0. The zero-order chi connectivity index (χ0) is 14.7. The summed E-state index contributed by atoms with van der Waals surface area (Å²) in [4.78, 5) is 11.3. The summed E-state index contributed by atoms with van der Waals surface area (Å²) in [7, 11) is 1.28. The molecule has 6 nitrogen and oxygen atoms in total. The number of rotatable bonds is 3. The monoisotopic (exact) mass is 297 g/mol. The zero-order valence-corrected chi connectivity index (χ0v) is 11.6. The van der Waals surface area contributed by atoms with E-state index in [2.05, 4.69) is 20.5 Å². The number of hydrogen-bond donors (Lipinski definition) is 2. The summed E-state index contributed by atoms with van der Waals surface area (Å²) in [5, 5.41) is 9.83. The van der Waals surface area contributed by atoms with Gasteiger partial charge in [-0.2, -0.15) is 0 Å². The normalized spacial score (nSPS) is 11.9. The Balaban J connectivity index is 2.10. The number of carbonyl (C=O) groups excluding carboxylic acids is 1. The van der Waals surface area contributed by atoms with Gasteiger partial charge in [-0.05, 0) is 37.3 Å². The molecule has 0 fully saturated rings. The van der Waals surface area contributed by atoms with Crippen LogP contribution in [0.15, 0.2) is 22.7 Å². The van der Waals surface area contributed by atoms with Crippen molar-refractivity contribution < 1.29 is 18.4 Å². The van der Waals surface area contributed by atoms with Crippen molar-refractivity contribution in [2.75, 3.05) is 12.4 Å².